The number of pyridine rings is 3. The van der Waals surface area contributed by atoms with E-state index < -0.39 is 30.1 Å². The lowest BCUT2D eigenvalue weighted by Gasteiger charge is -2.28. The molecule has 0 spiro atoms. The maximum Gasteiger partial charge on any atom is 0.269 e. The van der Waals surface area contributed by atoms with Gasteiger partial charge in [-0.3, -0.25) is 14.0 Å². The van der Waals surface area contributed by atoms with Gasteiger partial charge in [-0.15, -0.1) is 0 Å². The number of hydrogen-bond acceptors (Lipinski definition) is 13. The fourth-order valence-corrected chi connectivity index (χ4v) is 17.6. The second-order valence-corrected chi connectivity index (χ2v) is 30.3. The molecule has 1 saturated carbocycles. The van der Waals surface area contributed by atoms with Gasteiger partial charge in [0.15, 0.2) is 16.9 Å². The summed E-state index contributed by atoms with van der Waals surface area (Å²) in [6.45, 7) is 6.73. The Morgan fingerprint density at radius 3 is 1.24 bits per heavy atom. The van der Waals surface area contributed by atoms with Crippen LogP contribution in [0.1, 0.15) is 136 Å². The fraction of sp³-hybridized carbons (Fsp3) is 0.316. The van der Waals surface area contributed by atoms with E-state index in [1.807, 2.05) is 58.2 Å². The monoisotopic (exact) mass is 1380 g/mol. The number of allylic oxidation sites excluding steroid dienone is 4. The number of aryl methyl sites for hydroxylation is 3. The minimum Gasteiger partial charge on any atom is -0.400 e. The predicted octanol–water partition coefficient (Wildman–Crippen LogP) is 16.4. The highest BCUT2D eigenvalue weighted by Crippen LogP contribution is 2.42. The highest BCUT2D eigenvalue weighted by molar-refractivity contribution is 7.90. The van der Waals surface area contributed by atoms with E-state index in [0.717, 1.165) is 99.9 Å². The molecule has 0 radical (unpaired) electrons. The third-order valence-electron chi connectivity index (χ3n) is 18.5. The molecule has 3 aliphatic carbocycles. The third-order valence-corrected chi connectivity index (χ3v) is 23.5. The van der Waals surface area contributed by atoms with E-state index in [0.29, 0.717) is 34.7 Å². The molecule has 3 aliphatic rings. The molecular weight excluding hydrogens is 1290 g/mol. The average Bonchev–Trinajstić information content (AvgIpc) is 1.60. The Balaban J connectivity index is 0.000000167. The first-order chi connectivity index (χ1) is 45.8. The summed E-state index contributed by atoms with van der Waals surface area (Å²) in [5, 5.41) is 22.3. The Kier molecular flexibility index (Phi) is 22.8. The van der Waals surface area contributed by atoms with Crippen molar-refractivity contribution in [1.29, 1.82) is 0 Å². The summed E-state index contributed by atoms with van der Waals surface area (Å²) in [6, 6.07) is 31.8. The standard InChI is InChI=1S/C24H26N4O2S.2C24H24N4O2S.CH4O.3CH4/c3*1-17-8-6-7-11-21(17)18-12-22-23(19-14-26-27(2)15-19)16-28(24(22)25-13-18)31(29,30)20-9-4-3-5-10-20;1-2;;;/h3-5,9-10,12-17,21H,6-8,11H2,1-2H3;3-5,9-10,12-16H,6-8,11H2,1-2H3;3-5,9-17H,6-8H2,1-2H3;2H,1H3;3*1H4. The molecule has 3 unspecified atom stereocenters. The van der Waals surface area contributed by atoms with Gasteiger partial charge in [0.25, 0.3) is 30.1 Å². The molecule has 12 aromatic rings. The van der Waals surface area contributed by atoms with Crippen LogP contribution in [-0.2, 0) is 51.2 Å². The van der Waals surface area contributed by atoms with E-state index >= 15 is 0 Å². The van der Waals surface area contributed by atoms with Crippen molar-refractivity contribution >= 4 is 74.3 Å². The van der Waals surface area contributed by atoms with Crippen molar-refractivity contribution in [3.8, 4) is 33.4 Å². The maximum atomic E-state index is 13.4. The van der Waals surface area contributed by atoms with Crippen molar-refractivity contribution in [2.45, 2.75) is 134 Å². The smallest absolute Gasteiger partial charge is 0.269 e. The lowest BCUT2D eigenvalue weighted by Crippen LogP contribution is -2.15. The summed E-state index contributed by atoms with van der Waals surface area (Å²) in [5.74, 6) is 1.52. The molecule has 1 fully saturated rings. The quantitative estimate of drug-likeness (QED) is 0.120. The van der Waals surface area contributed by atoms with E-state index in [4.69, 9.17) is 10.1 Å². The van der Waals surface area contributed by atoms with Crippen LogP contribution < -0.4 is 0 Å². The summed E-state index contributed by atoms with van der Waals surface area (Å²) >= 11 is 0. The van der Waals surface area contributed by atoms with Gasteiger partial charge >= 0.3 is 0 Å². The molecule has 0 amide bonds. The topological polar surface area (TPSA) is 230 Å². The minimum absolute atomic E-state index is 0. The van der Waals surface area contributed by atoms with Gasteiger partial charge in [0.05, 0.1) is 33.3 Å². The molecular formula is C76H90N12O7S3. The Morgan fingerprint density at radius 2 is 0.837 bits per heavy atom. The second-order valence-electron chi connectivity index (χ2n) is 24.8. The number of benzene rings is 3. The summed E-state index contributed by atoms with van der Waals surface area (Å²) in [7, 11) is -4.77. The Morgan fingerprint density at radius 1 is 0.439 bits per heavy atom. The minimum atomic E-state index is -3.78. The molecule has 0 saturated heterocycles. The number of hydrogen-bond donors (Lipinski definition) is 1. The number of aliphatic hydroxyl groups excluding tert-OH is 1. The van der Waals surface area contributed by atoms with Crippen LogP contribution in [0, 0.1) is 11.8 Å². The van der Waals surface area contributed by atoms with Crippen LogP contribution in [0.5, 0.6) is 0 Å². The Labute approximate surface area is 577 Å². The van der Waals surface area contributed by atoms with Gasteiger partial charge in [0.2, 0.25) is 0 Å². The molecule has 1 N–H and O–H groups in total. The first-order valence-electron chi connectivity index (χ1n) is 32.1. The molecule has 514 valence electrons. The molecule has 0 bridgehead atoms. The maximum absolute atomic E-state index is 13.4. The predicted molar refractivity (Wildman–Crippen MR) is 394 cm³/mol. The fourth-order valence-electron chi connectivity index (χ4n) is 13.5. The molecule has 3 aromatic carbocycles. The highest BCUT2D eigenvalue weighted by Gasteiger charge is 2.30. The van der Waals surface area contributed by atoms with Crippen molar-refractivity contribution in [2.75, 3.05) is 7.11 Å². The van der Waals surface area contributed by atoms with Crippen LogP contribution in [0.2, 0.25) is 0 Å². The second kappa shape index (κ2) is 30.6. The number of nitrogens with zero attached hydrogens (tertiary/aromatic N) is 12. The average molecular weight is 1380 g/mol. The molecule has 0 aliphatic heterocycles. The van der Waals surface area contributed by atoms with Crippen LogP contribution in [-0.4, -0.2) is 93.7 Å². The molecule has 22 heteroatoms. The summed E-state index contributed by atoms with van der Waals surface area (Å²) in [4.78, 5) is 14.7. The molecule has 9 aromatic heterocycles. The first-order valence-corrected chi connectivity index (χ1v) is 36.4. The van der Waals surface area contributed by atoms with Crippen molar-refractivity contribution in [3.63, 3.8) is 0 Å². The lowest BCUT2D eigenvalue weighted by atomic mass is 9.77. The van der Waals surface area contributed by atoms with Crippen molar-refractivity contribution < 1.29 is 30.4 Å². The molecule has 98 heavy (non-hydrogen) atoms. The number of aromatic nitrogens is 12. The summed E-state index contributed by atoms with van der Waals surface area (Å²) < 4.78 is 89.7. The third kappa shape index (κ3) is 14.5. The zero-order valence-corrected chi connectivity index (χ0v) is 56.8. The first kappa shape index (κ1) is 72.9. The van der Waals surface area contributed by atoms with Gasteiger partial charge in [-0.05, 0) is 158 Å². The van der Waals surface area contributed by atoms with Crippen LogP contribution in [0.25, 0.3) is 77.6 Å². The normalized spacial score (nSPS) is 16.4. The van der Waals surface area contributed by atoms with Crippen molar-refractivity contribution in [1.82, 2.24) is 56.2 Å². The largest absolute Gasteiger partial charge is 0.400 e. The number of rotatable bonds is 12. The Bertz CT molecular complexity index is 5180. The van der Waals surface area contributed by atoms with E-state index in [1.165, 1.54) is 72.7 Å². The van der Waals surface area contributed by atoms with E-state index in [1.54, 1.807) is 142 Å². The van der Waals surface area contributed by atoms with Crippen molar-refractivity contribution in [2.24, 2.45) is 33.0 Å². The number of fused-ring (bicyclic) bond motifs is 3. The van der Waals surface area contributed by atoms with Crippen molar-refractivity contribution in [3.05, 3.63) is 212 Å². The van der Waals surface area contributed by atoms with Gasteiger partial charge in [0.1, 0.15) is 0 Å². The molecule has 19 nitrogen and oxygen atoms in total. The molecule has 15 rings (SSSR count). The van der Waals surface area contributed by atoms with Crippen LogP contribution in [0.4, 0.5) is 0 Å². The van der Waals surface area contributed by atoms with E-state index in [-0.39, 0.29) is 37.0 Å². The van der Waals surface area contributed by atoms with Gasteiger partial charge in [0, 0.05) is 134 Å². The highest BCUT2D eigenvalue weighted by atomic mass is 32.2. The zero-order valence-electron chi connectivity index (χ0n) is 54.4. The van der Waals surface area contributed by atoms with Crippen LogP contribution in [0.15, 0.2) is 210 Å². The van der Waals surface area contributed by atoms with Gasteiger partial charge < -0.3 is 5.11 Å². The van der Waals surface area contributed by atoms with Crippen LogP contribution >= 0.6 is 0 Å². The molecule has 9 heterocycles. The van der Waals surface area contributed by atoms with E-state index in [2.05, 4.69) is 70.3 Å². The van der Waals surface area contributed by atoms with Gasteiger partial charge in [-0.1, -0.05) is 122 Å². The lowest BCUT2D eigenvalue weighted by molar-refractivity contribution is 0.330. The summed E-state index contributed by atoms with van der Waals surface area (Å²) in [5.41, 5.74) is 13.7. The van der Waals surface area contributed by atoms with Crippen LogP contribution in [0.3, 0.4) is 0 Å². The Hall–Kier alpha value is -9.35. The van der Waals surface area contributed by atoms with Gasteiger partial charge in [-0.25, -0.2) is 52.1 Å². The SMILES string of the molecule is C.C.C.CC1=C(c2cnc3c(c2)c(-c2cnn(C)c2)cn3S(=O)(=O)c2ccccc2)CCCC1.CC1CCCC=C1c1cnc2c(c1)c(-c1cnn(C)c1)cn2S(=O)(=O)c1ccccc1.CC1CCCCC1c1cnc2c(c1)c(-c1cnn(C)c1)cn2S(=O)(=O)c1ccccc1.CO. The van der Waals surface area contributed by atoms with Gasteiger partial charge in [-0.2, -0.15) is 15.3 Å². The summed E-state index contributed by atoms with van der Waals surface area (Å²) in [6.07, 6.45) is 36.6. The van der Waals surface area contributed by atoms with E-state index in [9.17, 15) is 25.3 Å². The zero-order chi connectivity index (χ0) is 66.8. The number of aliphatic hydroxyl groups is 1. The molecule has 3 atom stereocenters.